The lowest BCUT2D eigenvalue weighted by Gasteiger charge is -2.21. The molecule has 1 unspecified atom stereocenters. The minimum atomic E-state index is -0.0928. The zero-order valence-corrected chi connectivity index (χ0v) is 16.4. The van der Waals surface area contributed by atoms with Gasteiger partial charge in [0.25, 0.3) is 0 Å². The molecule has 4 rings (SSSR count). The Hall–Kier alpha value is -2.88. The van der Waals surface area contributed by atoms with Crippen LogP contribution in [0.5, 0.6) is 11.5 Å². The quantitative estimate of drug-likeness (QED) is 0.750. The fourth-order valence-corrected chi connectivity index (χ4v) is 3.67. The minimum absolute atomic E-state index is 0.0928. The number of aryl methyl sites for hydroxylation is 2. The smallest absolute Gasteiger partial charge is 0.200 e. The third kappa shape index (κ3) is 3.16. The Balaban J connectivity index is 1.54. The van der Waals surface area contributed by atoms with Gasteiger partial charge in [0, 0.05) is 13.1 Å². The molecule has 0 radical (unpaired) electrons. The van der Waals surface area contributed by atoms with Crippen molar-refractivity contribution in [1.82, 2.24) is 0 Å². The average molecular weight is 362 g/mol. The first-order chi connectivity index (χ1) is 13.1. The van der Waals surface area contributed by atoms with Crippen molar-refractivity contribution in [3.8, 4) is 11.5 Å². The van der Waals surface area contributed by atoms with Crippen LogP contribution in [0.2, 0.25) is 0 Å². The largest absolute Gasteiger partial charge is 0.465 e. The van der Waals surface area contributed by atoms with Crippen LogP contribution in [0.3, 0.4) is 0 Å². The third-order valence-electron chi connectivity index (χ3n) is 5.04. The standard InChI is InChI=1S/C23H26N2O2/c1-5-24-18-14-16(3)10-12-20(18)26-22(24)8-7-9-23-25(6-2)19-15-17(4)11-13-21(19)27-23/h7-15,22H,5-6H2,1-4H3. The van der Waals surface area contributed by atoms with Crippen molar-refractivity contribution in [1.29, 1.82) is 0 Å². The van der Waals surface area contributed by atoms with Gasteiger partial charge in [-0.3, -0.25) is 0 Å². The molecule has 2 aromatic carbocycles. The van der Waals surface area contributed by atoms with Crippen molar-refractivity contribution in [2.24, 2.45) is 0 Å². The summed E-state index contributed by atoms with van der Waals surface area (Å²) in [4.78, 5) is 4.46. The maximum absolute atomic E-state index is 6.12. The first-order valence-corrected chi connectivity index (χ1v) is 9.59. The summed E-state index contributed by atoms with van der Waals surface area (Å²) < 4.78 is 12.2. The van der Waals surface area contributed by atoms with Gasteiger partial charge in [-0.2, -0.15) is 0 Å². The molecule has 0 bridgehead atoms. The van der Waals surface area contributed by atoms with E-state index >= 15 is 0 Å². The lowest BCUT2D eigenvalue weighted by atomic mass is 10.2. The molecule has 0 saturated heterocycles. The summed E-state index contributed by atoms with van der Waals surface area (Å²) >= 11 is 0. The highest BCUT2D eigenvalue weighted by atomic mass is 16.5. The van der Waals surface area contributed by atoms with Gasteiger partial charge < -0.3 is 19.3 Å². The van der Waals surface area contributed by atoms with E-state index < -0.39 is 0 Å². The summed E-state index contributed by atoms with van der Waals surface area (Å²) in [6, 6.07) is 12.6. The highest BCUT2D eigenvalue weighted by molar-refractivity contribution is 5.68. The summed E-state index contributed by atoms with van der Waals surface area (Å²) in [5.74, 6) is 2.71. The van der Waals surface area contributed by atoms with Crippen LogP contribution in [-0.2, 0) is 0 Å². The van der Waals surface area contributed by atoms with E-state index in [1.165, 1.54) is 11.1 Å². The molecule has 27 heavy (non-hydrogen) atoms. The third-order valence-corrected chi connectivity index (χ3v) is 5.04. The second kappa shape index (κ2) is 7.03. The minimum Gasteiger partial charge on any atom is -0.465 e. The zero-order chi connectivity index (χ0) is 19.0. The van der Waals surface area contributed by atoms with Gasteiger partial charge in [0.2, 0.25) is 5.88 Å². The number of anilines is 2. The Morgan fingerprint density at radius 3 is 2.33 bits per heavy atom. The molecule has 2 heterocycles. The second-order valence-electron chi connectivity index (χ2n) is 6.97. The number of hydrogen-bond donors (Lipinski definition) is 0. The van der Waals surface area contributed by atoms with Crippen molar-refractivity contribution in [3.63, 3.8) is 0 Å². The molecule has 1 atom stereocenters. The molecule has 0 amide bonds. The van der Waals surface area contributed by atoms with Crippen molar-refractivity contribution in [2.75, 3.05) is 22.9 Å². The van der Waals surface area contributed by atoms with Crippen LogP contribution in [0.1, 0.15) is 25.0 Å². The SMILES string of the molecule is CCN1C(=CC=CC2Oc3ccc(C)cc3N2CC)Oc2ccc(C)cc21. The van der Waals surface area contributed by atoms with Gasteiger partial charge in [-0.15, -0.1) is 0 Å². The summed E-state index contributed by atoms with van der Waals surface area (Å²) in [5, 5.41) is 0. The Morgan fingerprint density at radius 1 is 0.926 bits per heavy atom. The maximum Gasteiger partial charge on any atom is 0.200 e. The summed E-state index contributed by atoms with van der Waals surface area (Å²) in [6.45, 7) is 10.3. The van der Waals surface area contributed by atoms with E-state index in [0.29, 0.717) is 0 Å². The number of nitrogens with zero attached hydrogens (tertiary/aromatic N) is 2. The molecule has 0 aliphatic carbocycles. The van der Waals surface area contributed by atoms with Crippen LogP contribution < -0.4 is 19.3 Å². The van der Waals surface area contributed by atoms with Crippen molar-refractivity contribution >= 4 is 11.4 Å². The number of allylic oxidation sites excluding steroid dienone is 2. The molecule has 4 nitrogen and oxygen atoms in total. The van der Waals surface area contributed by atoms with Gasteiger partial charge >= 0.3 is 0 Å². The fraction of sp³-hybridized carbons (Fsp3) is 0.304. The summed E-state index contributed by atoms with van der Waals surface area (Å²) in [6.07, 6.45) is 6.04. The topological polar surface area (TPSA) is 24.9 Å². The Labute approximate surface area is 161 Å². The molecule has 0 aromatic heterocycles. The van der Waals surface area contributed by atoms with E-state index in [1.54, 1.807) is 0 Å². The van der Waals surface area contributed by atoms with Crippen LogP contribution in [0, 0.1) is 13.8 Å². The van der Waals surface area contributed by atoms with Crippen LogP contribution in [0.15, 0.2) is 60.5 Å². The fourth-order valence-electron chi connectivity index (χ4n) is 3.67. The monoisotopic (exact) mass is 362 g/mol. The van der Waals surface area contributed by atoms with Crippen LogP contribution in [0.4, 0.5) is 11.4 Å². The van der Waals surface area contributed by atoms with E-state index in [1.807, 2.05) is 18.2 Å². The number of likely N-dealkylation sites (N-methyl/N-ethyl adjacent to an activating group) is 1. The normalized spacial score (nSPS) is 19.4. The van der Waals surface area contributed by atoms with E-state index in [-0.39, 0.29) is 6.23 Å². The number of benzene rings is 2. The molecule has 140 valence electrons. The first-order valence-electron chi connectivity index (χ1n) is 9.59. The van der Waals surface area contributed by atoms with Crippen molar-refractivity contribution < 1.29 is 9.47 Å². The lowest BCUT2D eigenvalue weighted by molar-refractivity contribution is 0.275. The van der Waals surface area contributed by atoms with Gasteiger partial charge in [0.1, 0.15) is 5.75 Å². The molecular formula is C23H26N2O2. The Bertz CT molecular complexity index is 917. The average Bonchev–Trinajstić information content (AvgIpc) is 3.18. The van der Waals surface area contributed by atoms with E-state index in [9.17, 15) is 0 Å². The predicted molar refractivity (Wildman–Crippen MR) is 111 cm³/mol. The molecule has 4 heteroatoms. The van der Waals surface area contributed by atoms with Gasteiger partial charge in [-0.05, 0) is 75.2 Å². The van der Waals surface area contributed by atoms with Gasteiger partial charge in [0.05, 0.1) is 11.4 Å². The maximum atomic E-state index is 6.12. The zero-order valence-electron chi connectivity index (χ0n) is 16.4. The van der Waals surface area contributed by atoms with Crippen LogP contribution >= 0.6 is 0 Å². The molecule has 2 aliphatic heterocycles. The van der Waals surface area contributed by atoms with Crippen molar-refractivity contribution in [3.05, 3.63) is 71.6 Å². The summed E-state index contributed by atoms with van der Waals surface area (Å²) in [5.41, 5.74) is 4.77. The van der Waals surface area contributed by atoms with E-state index in [0.717, 1.165) is 41.8 Å². The Kier molecular flexibility index (Phi) is 4.56. The highest BCUT2D eigenvalue weighted by Crippen LogP contribution is 2.40. The molecule has 0 spiro atoms. The van der Waals surface area contributed by atoms with E-state index in [2.05, 4.69) is 73.9 Å². The molecule has 0 fully saturated rings. The van der Waals surface area contributed by atoms with Crippen LogP contribution in [0.25, 0.3) is 0 Å². The summed E-state index contributed by atoms with van der Waals surface area (Å²) in [7, 11) is 0. The van der Waals surface area contributed by atoms with Gasteiger partial charge in [-0.25, -0.2) is 0 Å². The second-order valence-corrected chi connectivity index (χ2v) is 6.97. The molecular weight excluding hydrogens is 336 g/mol. The molecule has 0 N–H and O–H groups in total. The van der Waals surface area contributed by atoms with E-state index in [4.69, 9.17) is 9.47 Å². The van der Waals surface area contributed by atoms with Gasteiger partial charge in [-0.1, -0.05) is 18.2 Å². The Morgan fingerprint density at radius 2 is 1.63 bits per heavy atom. The highest BCUT2D eigenvalue weighted by Gasteiger charge is 2.28. The number of rotatable bonds is 4. The van der Waals surface area contributed by atoms with Gasteiger partial charge in [0.15, 0.2) is 12.0 Å². The predicted octanol–water partition coefficient (Wildman–Crippen LogP) is 5.16. The van der Waals surface area contributed by atoms with Crippen molar-refractivity contribution in [2.45, 2.75) is 33.9 Å². The molecule has 2 aliphatic rings. The number of ether oxygens (including phenoxy) is 2. The molecule has 2 aromatic rings. The first kappa shape index (κ1) is 17.5. The number of hydrogen-bond acceptors (Lipinski definition) is 4. The lowest BCUT2D eigenvalue weighted by Crippen LogP contribution is -2.32. The molecule has 0 saturated carbocycles. The van der Waals surface area contributed by atoms with Crippen LogP contribution in [-0.4, -0.2) is 19.3 Å². The number of fused-ring (bicyclic) bond motifs is 2.